The monoisotopic (exact) mass is 469 g/mol. The van der Waals surface area contributed by atoms with Gasteiger partial charge in [0.1, 0.15) is 5.82 Å². The topological polar surface area (TPSA) is 131 Å². The number of benzene rings is 1. The van der Waals surface area contributed by atoms with E-state index in [9.17, 15) is 19.2 Å². The predicted octanol–water partition coefficient (Wildman–Crippen LogP) is 1.72. The van der Waals surface area contributed by atoms with Gasteiger partial charge in [-0.3, -0.25) is 23.9 Å². The largest absolute Gasteiger partial charge is 0.383 e. The lowest BCUT2D eigenvalue weighted by atomic mass is 9.93. The molecule has 1 aliphatic rings. The van der Waals surface area contributed by atoms with Gasteiger partial charge in [0, 0.05) is 33.3 Å². The van der Waals surface area contributed by atoms with E-state index in [0.29, 0.717) is 0 Å². The summed E-state index contributed by atoms with van der Waals surface area (Å²) >= 11 is 0. The maximum absolute atomic E-state index is 13.6. The first-order valence-electron chi connectivity index (χ1n) is 11.1. The summed E-state index contributed by atoms with van der Waals surface area (Å²) in [5.41, 5.74) is 6.51. The molecule has 1 aromatic heterocycles. The lowest BCUT2D eigenvalue weighted by Gasteiger charge is -2.34. The van der Waals surface area contributed by atoms with Crippen molar-refractivity contribution < 1.29 is 14.3 Å². The number of hydrogen-bond donors (Lipinski definition) is 2. The first-order chi connectivity index (χ1) is 16.1. The Morgan fingerprint density at radius 2 is 1.94 bits per heavy atom. The van der Waals surface area contributed by atoms with Crippen LogP contribution in [0.5, 0.6) is 0 Å². The van der Waals surface area contributed by atoms with Crippen molar-refractivity contribution in [3.05, 3.63) is 62.4 Å². The highest BCUT2D eigenvalue weighted by Gasteiger charge is 2.32. The lowest BCUT2D eigenvalue weighted by molar-refractivity contribution is -0.129. The zero-order valence-corrected chi connectivity index (χ0v) is 19.9. The smallest absolute Gasteiger partial charge is 0.330 e. The summed E-state index contributed by atoms with van der Waals surface area (Å²) in [7, 11) is 1.48. The van der Waals surface area contributed by atoms with E-state index in [2.05, 4.69) is 4.98 Å². The van der Waals surface area contributed by atoms with Crippen molar-refractivity contribution in [2.45, 2.75) is 39.8 Å². The average Bonchev–Trinajstić information content (AvgIpc) is 2.78. The molecule has 0 unspecified atom stereocenters. The van der Waals surface area contributed by atoms with Gasteiger partial charge in [0.2, 0.25) is 11.8 Å². The van der Waals surface area contributed by atoms with Crippen LogP contribution in [0, 0.1) is 5.92 Å². The first kappa shape index (κ1) is 25.0. The number of rotatable bonds is 8. The van der Waals surface area contributed by atoms with Crippen molar-refractivity contribution in [1.82, 2.24) is 14.5 Å². The van der Waals surface area contributed by atoms with Gasteiger partial charge in [-0.15, -0.1) is 0 Å². The Labute approximate surface area is 197 Å². The SMILES string of the molecule is COCCN(C(=O)C[C@H]1c2ccccc2C=CN1C(C)=O)c1c(N)n(CC(C)C)c(=O)[nH]c1=O. The van der Waals surface area contributed by atoms with Crippen LogP contribution in [0.1, 0.15) is 44.4 Å². The molecule has 0 saturated heterocycles. The minimum atomic E-state index is -0.751. The average molecular weight is 470 g/mol. The number of H-pyrrole nitrogens is 1. The molecule has 3 rings (SSSR count). The molecule has 2 aromatic rings. The quantitative estimate of drug-likeness (QED) is 0.605. The standard InChI is InChI=1S/C24H31N5O5/c1-15(2)14-29-22(25)21(23(32)26-24(29)33)28(11-12-34-4)20(31)13-19-18-8-6-5-7-17(18)9-10-27(19)16(3)30/h5-10,15,19H,11-14,25H2,1-4H3,(H,26,32,33)/t19-/m0/s1. The lowest BCUT2D eigenvalue weighted by Crippen LogP contribution is -2.44. The molecule has 0 saturated carbocycles. The summed E-state index contributed by atoms with van der Waals surface area (Å²) in [6, 6.07) is 6.96. The number of nitrogens with two attached hydrogens (primary N) is 1. The van der Waals surface area contributed by atoms with Gasteiger partial charge in [0.15, 0.2) is 5.69 Å². The van der Waals surface area contributed by atoms with E-state index in [1.54, 1.807) is 6.20 Å². The molecule has 182 valence electrons. The van der Waals surface area contributed by atoms with Crippen LogP contribution in [0.3, 0.4) is 0 Å². The second kappa shape index (κ2) is 10.5. The third kappa shape index (κ3) is 5.12. The van der Waals surface area contributed by atoms with Crippen LogP contribution in [-0.4, -0.2) is 46.5 Å². The number of aromatic amines is 1. The van der Waals surface area contributed by atoms with Crippen LogP contribution in [-0.2, 0) is 20.9 Å². The third-order valence-electron chi connectivity index (χ3n) is 5.69. The maximum Gasteiger partial charge on any atom is 0.330 e. The van der Waals surface area contributed by atoms with E-state index in [0.717, 1.165) is 11.1 Å². The zero-order chi connectivity index (χ0) is 25.0. The number of anilines is 2. The molecule has 10 nitrogen and oxygen atoms in total. The van der Waals surface area contributed by atoms with Gasteiger partial charge in [-0.05, 0) is 23.1 Å². The second-order valence-electron chi connectivity index (χ2n) is 8.63. The number of carbonyl (C=O) groups excluding carboxylic acids is 2. The highest BCUT2D eigenvalue weighted by Crippen LogP contribution is 2.34. The highest BCUT2D eigenvalue weighted by atomic mass is 16.5. The normalized spacial score (nSPS) is 14.9. The van der Waals surface area contributed by atoms with E-state index in [1.807, 2.05) is 44.2 Å². The number of nitrogens with zero attached hydrogens (tertiary/aromatic N) is 3. The number of ether oxygens (including phenoxy) is 1. The Hall–Kier alpha value is -3.66. The van der Waals surface area contributed by atoms with E-state index in [-0.39, 0.29) is 49.4 Å². The number of aromatic nitrogens is 2. The molecule has 10 heteroatoms. The summed E-state index contributed by atoms with van der Waals surface area (Å²) in [6.07, 6.45) is 3.39. The van der Waals surface area contributed by atoms with E-state index >= 15 is 0 Å². The van der Waals surface area contributed by atoms with Crippen molar-refractivity contribution in [1.29, 1.82) is 0 Å². The number of nitrogens with one attached hydrogen (secondary N) is 1. The Morgan fingerprint density at radius 1 is 1.24 bits per heavy atom. The zero-order valence-electron chi connectivity index (χ0n) is 19.9. The van der Waals surface area contributed by atoms with Gasteiger partial charge >= 0.3 is 5.69 Å². The molecule has 0 aliphatic carbocycles. The van der Waals surface area contributed by atoms with E-state index < -0.39 is 23.2 Å². The molecule has 2 amide bonds. The molecule has 0 bridgehead atoms. The molecule has 1 atom stereocenters. The van der Waals surface area contributed by atoms with Crippen molar-refractivity contribution in [2.75, 3.05) is 30.9 Å². The summed E-state index contributed by atoms with van der Waals surface area (Å²) in [5, 5.41) is 0. The predicted molar refractivity (Wildman–Crippen MR) is 130 cm³/mol. The van der Waals surface area contributed by atoms with Crippen molar-refractivity contribution >= 4 is 29.4 Å². The van der Waals surface area contributed by atoms with Crippen molar-refractivity contribution in [2.24, 2.45) is 5.92 Å². The van der Waals surface area contributed by atoms with Gasteiger partial charge in [-0.2, -0.15) is 0 Å². The van der Waals surface area contributed by atoms with Gasteiger partial charge in [0.25, 0.3) is 5.56 Å². The molecule has 1 aromatic carbocycles. The van der Waals surface area contributed by atoms with Gasteiger partial charge in [-0.25, -0.2) is 4.79 Å². The fraction of sp³-hybridized carbons (Fsp3) is 0.417. The van der Waals surface area contributed by atoms with Crippen LogP contribution in [0.4, 0.5) is 11.5 Å². The Bertz CT molecular complexity index is 1210. The first-order valence-corrected chi connectivity index (χ1v) is 11.1. The Balaban J connectivity index is 2.05. The summed E-state index contributed by atoms with van der Waals surface area (Å²) in [5.74, 6) is -0.643. The summed E-state index contributed by atoms with van der Waals surface area (Å²) < 4.78 is 6.42. The fourth-order valence-corrected chi connectivity index (χ4v) is 4.12. The maximum atomic E-state index is 13.6. The molecule has 34 heavy (non-hydrogen) atoms. The highest BCUT2D eigenvalue weighted by molar-refractivity contribution is 5.96. The second-order valence-corrected chi connectivity index (χ2v) is 8.63. The van der Waals surface area contributed by atoms with Gasteiger partial charge < -0.3 is 20.3 Å². The summed E-state index contributed by atoms with van der Waals surface area (Å²) in [4.78, 5) is 56.2. The van der Waals surface area contributed by atoms with Crippen LogP contribution in [0.25, 0.3) is 6.08 Å². The van der Waals surface area contributed by atoms with Crippen LogP contribution < -0.4 is 21.9 Å². The molecule has 0 radical (unpaired) electrons. The number of carbonyl (C=O) groups is 2. The Morgan fingerprint density at radius 3 is 2.59 bits per heavy atom. The fourth-order valence-electron chi connectivity index (χ4n) is 4.12. The molecular formula is C24H31N5O5. The van der Waals surface area contributed by atoms with Crippen molar-refractivity contribution in [3.63, 3.8) is 0 Å². The number of fused-ring (bicyclic) bond motifs is 1. The van der Waals surface area contributed by atoms with Crippen LogP contribution in [0.15, 0.2) is 40.1 Å². The third-order valence-corrected chi connectivity index (χ3v) is 5.69. The van der Waals surface area contributed by atoms with Crippen LogP contribution >= 0.6 is 0 Å². The van der Waals surface area contributed by atoms with Gasteiger partial charge in [-0.1, -0.05) is 38.1 Å². The van der Waals surface area contributed by atoms with Crippen molar-refractivity contribution in [3.8, 4) is 0 Å². The summed E-state index contributed by atoms with van der Waals surface area (Å²) in [6.45, 7) is 5.73. The number of amides is 2. The molecule has 2 heterocycles. The molecular weight excluding hydrogens is 438 g/mol. The van der Waals surface area contributed by atoms with E-state index in [4.69, 9.17) is 10.5 Å². The number of hydrogen-bond acceptors (Lipinski definition) is 6. The van der Waals surface area contributed by atoms with Gasteiger partial charge in [0.05, 0.1) is 19.1 Å². The van der Waals surface area contributed by atoms with E-state index in [1.165, 1.54) is 28.4 Å². The number of nitrogen functional groups attached to an aromatic ring is 1. The molecule has 0 spiro atoms. The Kier molecular flexibility index (Phi) is 7.72. The van der Waals surface area contributed by atoms with Crippen LogP contribution in [0.2, 0.25) is 0 Å². The minimum Gasteiger partial charge on any atom is -0.383 e. The number of methoxy groups -OCH3 is 1. The molecule has 0 fully saturated rings. The molecule has 1 aliphatic heterocycles. The molecule has 3 N–H and O–H groups in total. The minimum absolute atomic E-state index is 0.0484.